The zero-order valence-electron chi connectivity index (χ0n) is 14.8. The molecule has 1 aliphatic heterocycles. The number of pyridine rings is 1. The highest BCUT2D eigenvalue weighted by atomic mass is 127. The van der Waals surface area contributed by atoms with Gasteiger partial charge in [-0.3, -0.25) is 9.98 Å². The summed E-state index contributed by atoms with van der Waals surface area (Å²) in [6.07, 6.45) is 4.20. The maximum atomic E-state index is 4.31. The first-order chi connectivity index (χ1) is 11.8. The second kappa shape index (κ2) is 9.60. The SMILES string of the molecule is CN=C(NCc1ccc2c(c1)CCCN2C)NCc1ccccn1.I. The zero-order valence-corrected chi connectivity index (χ0v) is 17.2. The Morgan fingerprint density at radius 2 is 2.04 bits per heavy atom. The number of anilines is 1. The van der Waals surface area contributed by atoms with Crippen LogP contribution in [0.3, 0.4) is 0 Å². The molecule has 0 unspecified atom stereocenters. The third-order valence-electron chi connectivity index (χ3n) is 4.34. The number of nitrogens with one attached hydrogen (secondary N) is 2. The standard InChI is InChI=1S/C19H25N5.HI/c1-20-19(23-14-17-7-3-4-10-21-17)22-13-15-8-9-18-16(12-15)6-5-11-24(18)2;/h3-4,7-10,12H,5-6,11,13-14H2,1-2H3,(H2,20,22,23);1H. The average Bonchev–Trinajstić information content (AvgIpc) is 2.63. The van der Waals surface area contributed by atoms with E-state index in [1.807, 2.05) is 18.2 Å². The van der Waals surface area contributed by atoms with Crippen molar-refractivity contribution >= 4 is 35.6 Å². The molecule has 0 amide bonds. The first-order valence-corrected chi connectivity index (χ1v) is 8.43. The fourth-order valence-electron chi connectivity index (χ4n) is 3.03. The van der Waals surface area contributed by atoms with Gasteiger partial charge in [0.25, 0.3) is 0 Å². The fourth-order valence-corrected chi connectivity index (χ4v) is 3.03. The maximum absolute atomic E-state index is 4.31. The molecule has 1 aliphatic rings. The number of aliphatic imine (C=N–C) groups is 1. The summed E-state index contributed by atoms with van der Waals surface area (Å²) in [4.78, 5) is 10.9. The number of hydrogen-bond acceptors (Lipinski definition) is 3. The number of aromatic nitrogens is 1. The maximum Gasteiger partial charge on any atom is 0.191 e. The van der Waals surface area contributed by atoms with Crippen molar-refractivity contribution in [1.82, 2.24) is 15.6 Å². The van der Waals surface area contributed by atoms with E-state index in [1.165, 1.54) is 29.7 Å². The van der Waals surface area contributed by atoms with Crippen LogP contribution in [0.2, 0.25) is 0 Å². The lowest BCUT2D eigenvalue weighted by atomic mass is 9.99. The van der Waals surface area contributed by atoms with Crippen molar-refractivity contribution in [3.63, 3.8) is 0 Å². The number of rotatable bonds is 4. The predicted molar refractivity (Wildman–Crippen MR) is 115 cm³/mol. The molecule has 0 saturated carbocycles. The van der Waals surface area contributed by atoms with Gasteiger partial charge >= 0.3 is 0 Å². The van der Waals surface area contributed by atoms with Crippen LogP contribution in [-0.2, 0) is 19.5 Å². The number of aryl methyl sites for hydroxylation is 1. The second-order valence-electron chi connectivity index (χ2n) is 6.09. The normalized spacial score (nSPS) is 13.7. The molecule has 1 aromatic heterocycles. The first-order valence-electron chi connectivity index (χ1n) is 8.43. The van der Waals surface area contributed by atoms with Gasteiger partial charge in [-0.25, -0.2) is 0 Å². The summed E-state index contributed by atoms with van der Waals surface area (Å²) >= 11 is 0. The summed E-state index contributed by atoms with van der Waals surface area (Å²) in [5.41, 5.74) is 5.09. The smallest absolute Gasteiger partial charge is 0.191 e. The highest BCUT2D eigenvalue weighted by Gasteiger charge is 2.13. The lowest BCUT2D eigenvalue weighted by Crippen LogP contribution is -2.36. The molecule has 0 spiro atoms. The van der Waals surface area contributed by atoms with Gasteiger partial charge in [-0.2, -0.15) is 0 Å². The largest absolute Gasteiger partial charge is 0.374 e. The van der Waals surface area contributed by atoms with Gasteiger partial charge in [0, 0.05) is 39.1 Å². The van der Waals surface area contributed by atoms with Crippen LogP contribution in [0.4, 0.5) is 5.69 Å². The van der Waals surface area contributed by atoms with Crippen molar-refractivity contribution in [2.45, 2.75) is 25.9 Å². The number of fused-ring (bicyclic) bond motifs is 1. The number of benzene rings is 1. The molecule has 0 bridgehead atoms. The molecule has 0 atom stereocenters. The summed E-state index contributed by atoms with van der Waals surface area (Å²) in [5.74, 6) is 0.787. The Hall–Kier alpha value is -1.83. The van der Waals surface area contributed by atoms with Crippen LogP contribution >= 0.6 is 24.0 Å². The van der Waals surface area contributed by atoms with E-state index in [0.717, 1.165) is 24.7 Å². The summed E-state index contributed by atoms with van der Waals surface area (Å²) < 4.78 is 0. The van der Waals surface area contributed by atoms with E-state index in [-0.39, 0.29) is 24.0 Å². The van der Waals surface area contributed by atoms with Crippen molar-refractivity contribution in [3.8, 4) is 0 Å². The van der Waals surface area contributed by atoms with Crippen molar-refractivity contribution < 1.29 is 0 Å². The van der Waals surface area contributed by atoms with Crippen molar-refractivity contribution in [2.75, 3.05) is 25.5 Å². The quantitative estimate of drug-likeness (QED) is 0.427. The van der Waals surface area contributed by atoms with Gasteiger partial charge in [-0.05, 0) is 42.2 Å². The Morgan fingerprint density at radius 1 is 1.20 bits per heavy atom. The molecule has 1 aromatic carbocycles. The molecule has 6 heteroatoms. The highest BCUT2D eigenvalue weighted by molar-refractivity contribution is 14.0. The van der Waals surface area contributed by atoms with Gasteiger partial charge in [-0.1, -0.05) is 18.2 Å². The number of hydrogen-bond donors (Lipinski definition) is 2. The zero-order chi connectivity index (χ0) is 16.8. The Bertz CT molecular complexity index is 702. The summed E-state index contributed by atoms with van der Waals surface area (Å²) in [6, 6.07) is 12.6. The van der Waals surface area contributed by atoms with Gasteiger partial charge < -0.3 is 15.5 Å². The third-order valence-corrected chi connectivity index (χ3v) is 4.34. The molecule has 0 radical (unpaired) electrons. The van der Waals surface area contributed by atoms with Crippen molar-refractivity contribution in [1.29, 1.82) is 0 Å². The van der Waals surface area contributed by atoms with E-state index >= 15 is 0 Å². The van der Waals surface area contributed by atoms with E-state index in [9.17, 15) is 0 Å². The molecule has 2 N–H and O–H groups in total. The van der Waals surface area contributed by atoms with E-state index in [4.69, 9.17) is 0 Å². The van der Waals surface area contributed by atoms with Gasteiger partial charge in [0.15, 0.2) is 5.96 Å². The van der Waals surface area contributed by atoms with Gasteiger partial charge in [-0.15, -0.1) is 24.0 Å². The number of nitrogens with zero attached hydrogens (tertiary/aromatic N) is 3. The van der Waals surface area contributed by atoms with E-state index in [2.05, 4.69) is 50.8 Å². The molecule has 3 rings (SSSR count). The van der Waals surface area contributed by atoms with Crippen LogP contribution in [0.5, 0.6) is 0 Å². The van der Waals surface area contributed by atoms with Crippen LogP contribution < -0.4 is 15.5 Å². The molecule has 2 heterocycles. The molecule has 2 aromatic rings. The molecule has 0 aliphatic carbocycles. The molecule has 0 fully saturated rings. The Balaban J connectivity index is 0.00000225. The summed E-state index contributed by atoms with van der Waals surface area (Å²) in [6.45, 7) is 2.57. The second-order valence-corrected chi connectivity index (χ2v) is 6.09. The molecular weight excluding hydrogens is 425 g/mol. The van der Waals surface area contributed by atoms with Crippen LogP contribution in [0.25, 0.3) is 0 Å². The molecule has 134 valence electrons. The van der Waals surface area contributed by atoms with Crippen LogP contribution in [0, 0.1) is 0 Å². The van der Waals surface area contributed by atoms with Crippen LogP contribution in [0.15, 0.2) is 47.6 Å². The van der Waals surface area contributed by atoms with Crippen LogP contribution in [0.1, 0.15) is 23.2 Å². The molecule has 5 nitrogen and oxygen atoms in total. The molecular formula is C19H26IN5. The van der Waals surface area contributed by atoms with Crippen LogP contribution in [-0.4, -0.2) is 31.6 Å². The van der Waals surface area contributed by atoms with E-state index in [1.54, 1.807) is 13.2 Å². The Morgan fingerprint density at radius 3 is 2.80 bits per heavy atom. The van der Waals surface area contributed by atoms with E-state index < -0.39 is 0 Å². The number of guanidine groups is 1. The topological polar surface area (TPSA) is 52.6 Å². The fraction of sp³-hybridized carbons (Fsp3) is 0.368. The minimum Gasteiger partial charge on any atom is -0.374 e. The first kappa shape index (κ1) is 19.5. The van der Waals surface area contributed by atoms with Crippen molar-refractivity contribution in [3.05, 3.63) is 59.4 Å². The van der Waals surface area contributed by atoms with E-state index in [0.29, 0.717) is 6.54 Å². The monoisotopic (exact) mass is 451 g/mol. The highest BCUT2D eigenvalue weighted by Crippen LogP contribution is 2.26. The summed E-state index contributed by atoms with van der Waals surface area (Å²) in [5, 5.41) is 6.66. The predicted octanol–water partition coefficient (Wildman–Crippen LogP) is 2.95. The third kappa shape index (κ3) is 5.32. The average molecular weight is 451 g/mol. The lowest BCUT2D eigenvalue weighted by molar-refractivity contribution is 0.740. The molecule has 25 heavy (non-hydrogen) atoms. The van der Waals surface area contributed by atoms with Gasteiger partial charge in [0.1, 0.15) is 0 Å². The minimum atomic E-state index is 0. The van der Waals surface area contributed by atoms with Gasteiger partial charge in [0.2, 0.25) is 0 Å². The Kier molecular flexibility index (Phi) is 7.49. The van der Waals surface area contributed by atoms with Gasteiger partial charge in [0.05, 0.1) is 12.2 Å². The Labute approximate surface area is 167 Å². The minimum absolute atomic E-state index is 0. The lowest BCUT2D eigenvalue weighted by Gasteiger charge is -2.28. The summed E-state index contributed by atoms with van der Waals surface area (Å²) in [7, 11) is 3.95. The van der Waals surface area contributed by atoms with Crippen molar-refractivity contribution in [2.24, 2.45) is 4.99 Å². The number of halogens is 1. The molecule has 0 saturated heterocycles.